The number of ether oxygens (including phenoxy) is 1. The summed E-state index contributed by atoms with van der Waals surface area (Å²) in [5, 5.41) is 8.66. The lowest BCUT2D eigenvalue weighted by Gasteiger charge is -2.16. The summed E-state index contributed by atoms with van der Waals surface area (Å²) in [6.45, 7) is 5.97. The first kappa shape index (κ1) is 10.5. The minimum absolute atomic E-state index is 0.154. The van der Waals surface area contributed by atoms with Gasteiger partial charge in [0.2, 0.25) is 0 Å². The molecule has 0 radical (unpaired) electrons. The number of hydrogen-bond acceptors (Lipinski definition) is 3. The Kier molecular flexibility index (Phi) is 4.20. The van der Waals surface area contributed by atoms with Crippen LogP contribution in [0.2, 0.25) is 0 Å². The first-order valence-corrected chi connectivity index (χ1v) is 4.87. The van der Waals surface area contributed by atoms with Gasteiger partial charge in [-0.2, -0.15) is 5.26 Å². The number of methoxy groups -OCH3 is 1. The van der Waals surface area contributed by atoms with E-state index in [2.05, 4.69) is 11.0 Å². The molecule has 0 aromatic carbocycles. The van der Waals surface area contributed by atoms with Crippen LogP contribution in [-0.2, 0) is 4.74 Å². The molecule has 0 saturated carbocycles. The third-order valence-corrected chi connectivity index (χ3v) is 2.52. The van der Waals surface area contributed by atoms with E-state index in [9.17, 15) is 0 Å². The molecule has 3 nitrogen and oxygen atoms in total. The Labute approximate surface area is 80.3 Å². The van der Waals surface area contributed by atoms with E-state index in [0.717, 1.165) is 26.2 Å². The molecule has 1 saturated heterocycles. The number of nitrogens with zero attached hydrogens (tertiary/aromatic N) is 2. The molecule has 1 heterocycles. The molecule has 0 spiro atoms. The molecule has 74 valence electrons. The molecule has 0 aromatic rings. The Hall–Kier alpha value is -0.590. The van der Waals surface area contributed by atoms with Crippen molar-refractivity contribution < 1.29 is 4.74 Å². The highest BCUT2D eigenvalue weighted by atomic mass is 16.5. The highest BCUT2D eigenvalue weighted by Gasteiger charge is 2.22. The summed E-state index contributed by atoms with van der Waals surface area (Å²) in [5.74, 6) is 0.831. The molecule has 2 atom stereocenters. The van der Waals surface area contributed by atoms with Crippen molar-refractivity contribution in [1.82, 2.24) is 4.90 Å². The molecule has 1 rings (SSSR count). The maximum atomic E-state index is 8.66. The van der Waals surface area contributed by atoms with Crippen molar-refractivity contribution in [3.05, 3.63) is 0 Å². The second-order valence-corrected chi connectivity index (χ2v) is 3.90. The lowest BCUT2D eigenvalue weighted by Crippen LogP contribution is -2.26. The predicted molar refractivity (Wildman–Crippen MR) is 51.2 cm³/mol. The Bertz CT molecular complexity index is 188. The number of nitriles is 1. The molecule has 0 N–H and O–H groups in total. The summed E-state index contributed by atoms with van der Waals surface area (Å²) in [6, 6.07) is 2.27. The molecule has 0 aliphatic carbocycles. The number of rotatable bonds is 4. The standard InChI is InChI=1S/C10H18N2O/c1-9(5-11)6-12-4-3-10(7-12)8-13-2/h9-10H,3-4,6-8H2,1-2H3. The molecule has 0 amide bonds. The van der Waals surface area contributed by atoms with Crippen LogP contribution in [0.5, 0.6) is 0 Å². The van der Waals surface area contributed by atoms with E-state index in [1.54, 1.807) is 7.11 Å². The van der Waals surface area contributed by atoms with E-state index in [0.29, 0.717) is 5.92 Å². The zero-order chi connectivity index (χ0) is 9.68. The highest BCUT2D eigenvalue weighted by molar-refractivity contribution is 4.84. The fourth-order valence-corrected chi connectivity index (χ4v) is 1.88. The van der Waals surface area contributed by atoms with Crippen molar-refractivity contribution in [1.29, 1.82) is 5.26 Å². The molecule has 1 aliphatic heterocycles. The lowest BCUT2D eigenvalue weighted by atomic mass is 10.1. The van der Waals surface area contributed by atoms with Crippen LogP contribution >= 0.6 is 0 Å². The van der Waals surface area contributed by atoms with Gasteiger partial charge in [0.15, 0.2) is 0 Å². The minimum Gasteiger partial charge on any atom is -0.384 e. The zero-order valence-corrected chi connectivity index (χ0v) is 8.49. The van der Waals surface area contributed by atoms with Crippen molar-refractivity contribution in [2.24, 2.45) is 11.8 Å². The normalized spacial score (nSPS) is 25.8. The van der Waals surface area contributed by atoms with E-state index in [-0.39, 0.29) is 5.92 Å². The van der Waals surface area contributed by atoms with Gasteiger partial charge in [0.05, 0.1) is 18.6 Å². The maximum absolute atomic E-state index is 8.66. The van der Waals surface area contributed by atoms with Crippen LogP contribution in [0.3, 0.4) is 0 Å². The molecule has 0 bridgehead atoms. The Morgan fingerprint density at radius 3 is 3.08 bits per heavy atom. The second kappa shape index (κ2) is 5.21. The molecule has 1 aliphatic rings. The van der Waals surface area contributed by atoms with Crippen LogP contribution in [0.25, 0.3) is 0 Å². The molecule has 2 unspecified atom stereocenters. The molecular weight excluding hydrogens is 164 g/mol. The number of hydrogen-bond donors (Lipinski definition) is 0. The summed E-state index contributed by atoms with van der Waals surface area (Å²) in [6.07, 6.45) is 1.21. The van der Waals surface area contributed by atoms with Gasteiger partial charge in [0.25, 0.3) is 0 Å². The summed E-state index contributed by atoms with van der Waals surface area (Å²) in [4.78, 5) is 2.36. The van der Waals surface area contributed by atoms with Gasteiger partial charge in [-0.1, -0.05) is 0 Å². The quantitative estimate of drug-likeness (QED) is 0.653. The first-order valence-electron chi connectivity index (χ1n) is 4.87. The fourth-order valence-electron chi connectivity index (χ4n) is 1.88. The smallest absolute Gasteiger partial charge is 0.0666 e. The fraction of sp³-hybridized carbons (Fsp3) is 0.900. The monoisotopic (exact) mass is 182 g/mol. The third-order valence-electron chi connectivity index (χ3n) is 2.52. The second-order valence-electron chi connectivity index (χ2n) is 3.90. The predicted octanol–water partition coefficient (Wildman–Crippen LogP) is 1.11. The van der Waals surface area contributed by atoms with Gasteiger partial charge in [-0.3, -0.25) is 0 Å². The van der Waals surface area contributed by atoms with Crippen LogP contribution in [-0.4, -0.2) is 38.3 Å². The Morgan fingerprint density at radius 2 is 2.46 bits per heavy atom. The van der Waals surface area contributed by atoms with Crippen molar-refractivity contribution in [3.8, 4) is 6.07 Å². The average Bonchev–Trinajstić information content (AvgIpc) is 2.53. The van der Waals surface area contributed by atoms with Crippen molar-refractivity contribution in [2.75, 3.05) is 33.4 Å². The van der Waals surface area contributed by atoms with E-state index in [4.69, 9.17) is 10.00 Å². The van der Waals surface area contributed by atoms with Gasteiger partial charge in [-0.25, -0.2) is 0 Å². The van der Waals surface area contributed by atoms with E-state index in [1.165, 1.54) is 6.42 Å². The molecular formula is C10H18N2O. The van der Waals surface area contributed by atoms with E-state index in [1.807, 2.05) is 6.92 Å². The van der Waals surface area contributed by atoms with E-state index >= 15 is 0 Å². The van der Waals surface area contributed by atoms with Gasteiger partial charge in [-0.15, -0.1) is 0 Å². The highest BCUT2D eigenvalue weighted by Crippen LogP contribution is 2.17. The molecule has 13 heavy (non-hydrogen) atoms. The van der Waals surface area contributed by atoms with Crippen LogP contribution in [0.4, 0.5) is 0 Å². The summed E-state index contributed by atoms with van der Waals surface area (Å²) >= 11 is 0. The Balaban J connectivity index is 2.21. The molecule has 0 aromatic heterocycles. The maximum Gasteiger partial charge on any atom is 0.0666 e. The number of likely N-dealkylation sites (tertiary alicyclic amines) is 1. The van der Waals surface area contributed by atoms with Crippen molar-refractivity contribution in [3.63, 3.8) is 0 Å². The van der Waals surface area contributed by atoms with Crippen LogP contribution in [0.1, 0.15) is 13.3 Å². The van der Waals surface area contributed by atoms with Gasteiger partial charge < -0.3 is 9.64 Å². The SMILES string of the molecule is COCC1CCN(CC(C)C#N)C1. The molecule has 1 fully saturated rings. The van der Waals surface area contributed by atoms with Crippen molar-refractivity contribution >= 4 is 0 Å². The Morgan fingerprint density at radius 1 is 1.69 bits per heavy atom. The van der Waals surface area contributed by atoms with Crippen LogP contribution < -0.4 is 0 Å². The van der Waals surface area contributed by atoms with Gasteiger partial charge in [0.1, 0.15) is 0 Å². The first-order chi connectivity index (χ1) is 6.26. The van der Waals surface area contributed by atoms with E-state index < -0.39 is 0 Å². The average molecular weight is 182 g/mol. The zero-order valence-electron chi connectivity index (χ0n) is 8.49. The lowest BCUT2D eigenvalue weighted by molar-refractivity contribution is 0.152. The summed E-state index contributed by atoms with van der Waals surface area (Å²) < 4.78 is 5.11. The third kappa shape index (κ3) is 3.33. The van der Waals surface area contributed by atoms with Gasteiger partial charge >= 0.3 is 0 Å². The summed E-state index contributed by atoms with van der Waals surface area (Å²) in [5.41, 5.74) is 0. The van der Waals surface area contributed by atoms with Crippen LogP contribution in [0, 0.1) is 23.2 Å². The van der Waals surface area contributed by atoms with Gasteiger partial charge in [-0.05, 0) is 25.8 Å². The van der Waals surface area contributed by atoms with Crippen molar-refractivity contribution in [2.45, 2.75) is 13.3 Å². The topological polar surface area (TPSA) is 36.3 Å². The minimum atomic E-state index is 0.154. The summed E-state index contributed by atoms with van der Waals surface area (Å²) in [7, 11) is 1.75. The van der Waals surface area contributed by atoms with Gasteiger partial charge in [0, 0.05) is 20.2 Å². The molecule has 3 heteroatoms. The largest absolute Gasteiger partial charge is 0.384 e. The van der Waals surface area contributed by atoms with Crippen LogP contribution in [0.15, 0.2) is 0 Å².